The first-order valence-corrected chi connectivity index (χ1v) is 13.8. The Morgan fingerprint density at radius 2 is 1.79 bits per heavy atom. The number of carbonyl (C=O) groups excluding carboxylic acids is 1. The van der Waals surface area contributed by atoms with Crippen LogP contribution in [-0.2, 0) is 35.8 Å². The fraction of sp³-hybridized carbons (Fsp3) is 0.308. The van der Waals surface area contributed by atoms with Crippen molar-refractivity contribution >= 4 is 32.4 Å². The number of benzene rings is 2. The van der Waals surface area contributed by atoms with Crippen LogP contribution in [0.15, 0.2) is 66.1 Å². The predicted molar refractivity (Wildman–Crippen MR) is 135 cm³/mol. The lowest BCUT2D eigenvalue weighted by Crippen LogP contribution is -2.36. The Bertz CT molecular complexity index is 1310. The minimum atomic E-state index is -3.65. The van der Waals surface area contributed by atoms with Crippen LogP contribution in [0, 0.1) is 0 Å². The highest BCUT2D eigenvalue weighted by Crippen LogP contribution is 2.33. The Morgan fingerprint density at radius 3 is 2.53 bits per heavy atom. The number of fused-ring (bicyclic) bond motifs is 2. The zero-order chi connectivity index (χ0) is 23.7. The van der Waals surface area contributed by atoms with Crippen molar-refractivity contribution < 1.29 is 13.2 Å². The second kappa shape index (κ2) is 9.44. The number of aryl methyl sites for hydroxylation is 2. The second-order valence-corrected chi connectivity index (χ2v) is 11.7. The van der Waals surface area contributed by atoms with E-state index in [1.54, 1.807) is 34.4 Å². The van der Waals surface area contributed by atoms with Crippen LogP contribution in [0.4, 0.5) is 5.13 Å². The average Bonchev–Trinajstić information content (AvgIpc) is 3.30. The molecule has 0 unspecified atom stereocenters. The summed E-state index contributed by atoms with van der Waals surface area (Å²) in [5, 5.41) is 0.681. The largest absolute Gasteiger partial charge is 0.280 e. The van der Waals surface area contributed by atoms with Gasteiger partial charge in [0.25, 0.3) is 5.91 Å². The molecule has 0 bridgehead atoms. The maximum absolute atomic E-state index is 13.3. The number of amides is 1. The van der Waals surface area contributed by atoms with Crippen molar-refractivity contribution in [3.63, 3.8) is 0 Å². The summed E-state index contributed by atoms with van der Waals surface area (Å²) in [7, 11) is -3.65. The lowest BCUT2D eigenvalue weighted by Gasteiger charge is -2.28. The van der Waals surface area contributed by atoms with Gasteiger partial charge in [0.05, 0.1) is 10.6 Å². The molecular formula is C26H27N3O3S2. The molecule has 176 valence electrons. The van der Waals surface area contributed by atoms with E-state index in [1.165, 1.54) is 26.9 Å². The number of hydrogen-bond acceptors (Lipinski definition) is 5. The van der Waals surface area contributed by atoms with Gasteiger partial charge in [-0.05, 0) is 67.5 Å². The van der Waals surface area contributed by atoms with Gasteiger partial charge in [-0.2, -0.15) is 4.31 Å². The molecule has 0 N–H and O–H groups in total. The number of rotatable bonds is 6. The Balaban J connectivity index is 1.37. The van der Waals surface area contributed by atoms with E-state index in [0.29, 0.717) is 36.8 Å². The number of hydrogen-bond donors (Lipinski definition) is 0. The molecule has 0 spiro atoms. The highest BCUT2D eigenvalue weighted by molar-refractivity contribution is 7.89. The van der Waals surface area contributed by atoms with Gasteiger partial charge in [-0.15, -0.1) is 17.9 Å². The summed E-state index contributed by atoms with van der Waals surface area (Å²) in [6.45, 7) is 4.95. The maximum atomic E-state index is 13.3. The van der Waals surface area contributed by atoms with Crippen LogP contribution in [0.2, 0.25) is 0 Å². The van der Waals surface area contributed by atoms with Crippen LogP contribution in [0.25, 0.3) is 0 Å². The van der Waals surface area contributed by atoms with Gasteiger partial charge in [0, 0.05) is 30.1 Å². The van der Waals surface area contributed by atoms with Gasteiger partial charge in [0.2, 0.25) is 10.0 Å². The van der Waals surface area contributed by atoms with Crippen molar-refractivity contribution in [1.82, 2.24) is 9.29 Å². The van der Waals surface area contributed by atoms with Crippen LogP contribution in [0.1, 0.15) is 44.9 Å². The average molecular weight is 494 g/mol. The molecule has 0 atom stereocenters. The first kappa shape index (κ1) is 23.0. The zero-order valence-electron chi connectivity index (χ0n) is 18.9. The summed E-state index contributed by atoms with van der Waals surface area (Å²) in [5.74, 6) is -0.207. The standard InChI is InChI=1S/C26H27N3O3S2/c1-2-16-29(26-27-23-9-5-6-10-24(23)33-26)25(30)20-11-13-22(14-12-20)34(31,32)28-17-15-19-7-3-4-8-21(19)18-28/h2-4,7-8,11-14H,1,5-6,9-10,15-18H2. The molecule has 2 heterocycles. The Kier molecular flexibility index (Phi) is 6.38. The molecule has 0 radical (unpaired) electrons. The van der Waals surface area contributed by atoms with Crippen LogP contribution in [0.3, 0.4) is 0 Å². The van der Waals surface area contributed by atoms with Gasteiger partial charge in [-0.3, -0.25) is 9.69 Å². The van der Waals surface area contributed by atoms with Crippen molar-refractivity contribution in [2.24, 2.45) is 0 Å². The maximum Gasteiger partial charge on any atom is 0.260 e. The van der Waals surface area contributed by atoms with E-state index in [0.717, 1.165) is 36.9 Å². The van der Waals surface area contributed by atoms with E-state index in [2.05, 4.69) is 6.58 Å². The summed E-state index contributed by atoms with van der Waals surface area (Å²) < 4.78 is 28.0. The molecule has 0 saturated carbocycles. The van der Waals surface area contributed by atoms with E-state index >= 15 is 0 Å². The Labute approximate surface area is 204 Å². The molecule has 1 aliphatic heterocycles. The Morgan fingerprint density at radius 1 is 1.06 bits per heavy atom. The molecule has 6 nitrogen and oxygen atoms in total. The third-order valence-electron chi connectivity index (χ3n) is 6.46. The molecule has 1 aliphatic carbocycles. The molecule has 0 saturated heterocycles. The van der Waals surface area contributed by atoms with Crippen molar-refractivity contribution in [3.8, 4) is 0 Å². The van der Waals surface area contributed by atoms with Crippen molar-refractivity contribution in [2.45, 2.75) is 43.5 Å². The van der Waals surface area contributed by atoms with Crippen molar-refractivity contribution in [1.29, 1.82) is 0 Å². The van der Waals surface area contributed by atoms with E-state index in [1.807, 2.05) is 24.3 Å². The van der Waals surface area contributed by atoms with E-state index in [9.17, 15) is 13.2 Å². The molecule has 3 aromatic rings. The Hall–Kier alpha value is -2.81. The number of sulfonamides is 1. The minimum absolute atomic E-state index is 0.198. The van der Waals surface area contributed by atoms with Crippen LogP contribution in [0.5, 0.6) is 0 Å². The quantitative estimate of drug-likeness (QED) is 0.471. The number of aromatic nitrogens is 1. The third-order valence-corrected chi connectivity index (χ3v) is 9.50. The SMILES string of the molecule is C=CCN(C(=O)c1ccc(S(=O)(=O)N2CCc3ccccc3C2)cc1)c1nc2c(s1)CCCC2. The molecular weight excluding hydrogens is 466 g/mol. The molecule has 34 heavy (non-hydrogen) atoms. The van der Waals surface area contributed by atoms with Gasteiger partial charge >= 0.3 is 0 Å². The highest BCUT2D eigenvalue weighted by atomic mass is 32.2. The number of anilines is 1. The smallest absolute Gasteiger partial charge is 0.260 e. The van der Waals surface area contributed by atoms with Gasteiger partial charge in [0.1, 0.15) is 0 Å². The molecule has 1 aromatic heterocycles. The minimum Gasteiger partial charge on any atom is -0.280 e. The zero-order valence-corrected chi connectivity index (χ0v) is 20.6. The first-order valence-electron chi connectivity index (χ1n) is 11.6. The summed E-state index contributed by atoms with van der Waals surface area (Å²) >= 11 is 1.57. The third kappa shape index (κ3) is 4.33. The van der Waals surface area contributed by atoms with Crippen LogP contribution >= 0.6 is 11.3 Å². The first-order chi connectivity index (χ1) is 16.5. The number of nitrogens with zero attached hydrogens (tertiary/aromatic N) is 3. The molecule has 5 rings (SSSR count). The van der Waals surface area contributed by atoms with Gasteiger partial charge in [-0.25, -0.2) is 13.4 Å². The number of carbonyl (C=O) groups is 1. The summed E-state index contributed by atoms with van der Waals surface area (Å²) in [5.41, 5.74) is 3.76. The van der Waals surface area contributed by atoms with Crippen molar-refractivity contribution in [2.75, 3.05) is 18.0 Å². The summed E-state index contributed by atoms with van der Waals surface area (Å²) in [6, 6.07) is 14.2. The molecule has 8 heteroatoms. The second-order valence-electron chi connectivity index (χ2n) is 8.66. The van der Waals surface area contributed by atoms with Gasteiger partial charge < -0.3 is 0 Å². The van der Waals surface area contributed by atoms with Crippen LogP contribution < -0.4 is 4.90 Å². The molecule has 1 amide bonds. The van der Waals surface area contributed by atoms with Crippen molar-refractivity contribution in [3.05, 3.63) is 88.4 Å². The summed E-state index contributed by atoms with van der Waals surface area (Å²) in [6.07, 6.45) is 6.63. The molecule has 2 aromatic carbocycles. The van der Waals surface area contributed by atoms with Gasteiger partial charge in [0.15, 0.2) is 5.13 Å². The monoisotopic (exact) mass is 493 g/mol. The van der Waals surface area contributed by atoms with Gasteiger partial charge in [-0.1, -0.05) is 30.3 Å². The lowest BCUT2D eigenvalue weighted by molar-refractivity contribution is 0.0989. The van der Waals surface area contributed by atoms with Crippen LogP contribution in [-0.4, -0.2) is 36.7 Å². The van der Waals surface area contributed by atoms with E-state index in [4.69, 9.17) is 4.98 Å². The fourth-order valence-corrected chi connectivity index (χ4v) is 7.15. The summed E-state index contributed by atoms with van der Waals surface area (Å²) in [4.78, 5) is 21.1. The number of thiazole rings is 1. The topological polar surface area (TPSA) is 70.6 Å². The van der Waals surface area contributed by atoms with E-state index in [-0.39, 0.29) is 10.8 Å². The lowest BCUT2D eigenvalue weighted by atomic mass is 10.0. The molecule has 0 fully saturated rings. The molecule has 2 aliphatic rings. The van der Waals surface area contributed by atoms with E-state index < -0.39 is 10.0 Å². The fourth-order valence-electron chi connectivity index (χ4n) is 4.58. The highest BCUT2D eigenvalue weighted by Gasteiger charge is 2.29. The normalized spacial score (nSPS) is 15.9. The predicted octanol–water partition coefficient (Wildman–Crippen LogP) is 4.60.